The van der Waals surface area contributed by atoms with Crippen molar-refractivity contribution < 1.29 is 9.53 Å². The first-order valence-corrected chi connectivity index (χ1v) is 9.07. The normalized spacial score (nSPS) is 10.7. The summed E-state index contributed by atoms with van der Waals surface area (Å²) in [6.07, 6.45) is 0. The molecule has 0 bridgehead atoms. The maximum absolute atomic E-state index is 12.4. The summed E-state index contributed by atoms with van der Waals surface area (Å²) < 4.78 is 5.70. The highest BCUT2D eigenvalue weighted by atomic mass is 32.1. The van der Waals surface area contributed by atoms with Gasteiger partial charge in [-0.25, -0.2) is 4.98 Å². The third kappa shape index (κ3) is 4.67. The number of amides is 1. The van der Waals surface area contributed by atoms with Gasteiger partial charge in [-0.1, -0.05) is 32.0 Å². The van der Waals surface area contributed by atoms with E-state index in [1.54, 1.807) is 17.6 Å². The Morgan fingerprint density at radius 3 is 2.68 bits per heavy atom. The predicted molar refractivity (Wildman–Crippen MR) is 101 cm³/mol. The molecule has 0 saturated heterocycles. The quantitative estimate of drug-likeness (QED) is 0.671. The molecule has 1 aromatic heterocycles. The average Bonchev–Trinajstić information content (AvgIpc) is 3.14. The molecule has 3 rings (SSSR count). The van der Waals surface area contributed by atoms with E-state index in [1.807, 2.05) is 41.8 Å². The first kappa shape index (κ1) is 17.2. The minimum absolute atomic E-state index is 0.156. The third-order valence-electron chi connectivity index (χ3n) is 3.80. The fourth-order valence-electron chi connectivity index (χ4n) is 2.35. The van der Waals surface area contributed by atoms with Crippen LogP contribution < -0.4 is 10.1 Å². The first-order chi connectivity index (χ1) is 12.1. The summed E-state index contributed by atoms with van der Waals surface area (Å²) >= 11 is 1.53. The van der Waals surface area contributed by atoms with Crippen LogP contribution in [0.15, 0.2) is 59.4 Å². The number of ether oxygens (including phenoxy) is 1. The summed E-state index contributed by atoms with van der Waals surface area (Å²) in [4.78, 5) is 16.6. The highest BCUT2D eigenvalue weighted by molar-refractivity contribution is 7.07. The molecule has 4 nitrogen and oxygen atoms in total. The van der Waals surface area contributed by atoms with Gasteiger partial charge in [0.15, 0.2) is 0 Å². The fourth-order valence-corrected chi connectivity index (χ4v) is 2.89. The topological polar surface area (TPSA) is 51.2 Å². The lowest BCUT2D eigenvalue weighted by Crippen LogP contribution is -2.12. The number of carbonyl (C=O) groups is 1. The minimum atomic E-state index is -0.156. The molecule has 5 heteroatoms. The summed E-state index contributed by atoms with van der Waals surface area (Å²) in [5.41, 5.74) is 5.24. The van der Waals surface area contributed by atoms with Gasteiger partial charge in [0, 0.05) is 16.6 Å². The molecule has 0 spiro atoms. The molecule has 1 amide bonds. The van der Waals surface area contributed by atoms with Crippen molar-refractivity contribution in [2.45, 2.75) is 26.4 Å². The average molecular weight is 352 g/mol. The van der Waals surface area contributed by atoms with Gasteiger partial charge in [0.25, 0.3) is 5.91 Å². The Balaban J connectivity index is 1.64. The zero-order valence-corrected chi connectivity index (χ0v) is 15.0. The molecule has 2 aromatic carbocycles. The Kier molecular flexibility index (Phi) is 5.46. The molecule has 0 saturated carbocycles. The number of carbonyl (C=O) groups excluding carboxylic acids is 1. The van der Waals surface area contributed by atoms with Crippen LogP contribution in [0.5, 0.6) is 5.75 Å². The number of nitrogens with one attached hydrogen (secondary N) is 1. The molecule has 3 aromatic rings. The number of benzene rings is 2. The van der Waals surface area contributed by atoms with E-state index in [1.165, 1.54) is 16.9 Å². The molecule has 0 aliphatic carbocycles. The molecule has 1 N–H and O–H groups in total. The summed E-state index contributed by atoms with van der Waals surface area (Å²) in [5.74, 6) is 0.962. The molecule has 0 atom stereocenters. The van der Waals surface area contributed by atoms with Crippen molar-refractivity contribution in [1.29, 1.82) is 0 Å². The maximum atomic E-state index is 12.4. The smallest absolute Gasteiger partial charge is 0.255 e. The van der Waals surface area contributed by atoms with Crippen LogP contribution in [-0.4, -0.2) is 10.9 Å². The van der Waals surface area contributed by atoms with Gasteiger partial charge in [0.05, 0.1) is 11.2 Å². The first-order valence-electron chi connectivity index (χ1n) is 8.13. The Hall–Kier alpha value is -2.66. The van der Waals surface area contributed by atoms with E-state index in [2.05, 4.69) is 24.1 Å². The molecular formula is C20H20N2O2S. The van der Waals surface area contributed by atoms with Gasteiger partial charge in [-0.05, 0) is 41.8 Å². The second-order valence-corrected chi connectivity index (χ2v) is 6.75. The Morgan fingerprint density at radius 1 is 1.20 bits per heavy atom. The van der Waals surface area contributed by atoms with Gasteiger partial charge in [0.1, 0.15) is 12.4 Å². The van der Waals surface area contributed by atoms with Crippen LogP contribution in [0.3, 0.4) is 0 Å². The van der Waals surface area contributed by atoms with Gasteiger partial charge in [0.2, 0.25) is 0 Å². The van der Waals surface area contributed by atoms with Crippen molar-refractivity contribution in [3.8, 4) is 5.75 Å². The second kappa shape index (κ2) is 7.94. The van der Waals surface area contributed by atoms with E-state index in [0.29, 0.717) is 23.8 Å². The van der Waals surface area contributed by atoms with Gasteiger partial charge in [-0.15, -0.1) is 11.3 Å². The summed E-state index contributed by atoms with van der Waals surface area (Å²) in [7, 11) is 0. The SMILES string of the molecule is CC(C)c1ccc(NC(=O)c2cccc(OCc3cscn3)c2)cc1. The van der Waals surface area contributed by atoms with Crippen LogP contribution in [-0.2, 0) is 6.61 Å². The third-order valence-corrected chi connectivity index (χ3v) is 4.44. The Bertz CT molecular complexity index is 827. The van der Waals surface area contributed by atoms with Crippen LogP contribution in [0.25, 0.3) is 0 Å². The molecule has 0 radical (unpaired) electrons. The molecule has 1 heterocycles. The summed E-state index contributed by atoms with van der Waals surface area (Å²) in [5, 5.41) is 4.86. The largest absolute Gasteiger partial charge is 0.487 e. The number of rotatable bonds is 6. The van der Waals surface area contributed by atoms with Crippen molar-refractivity contribution >= 4 is 22.9 Å². The molecule has 0 fully saturated rings. The van der Waals surface area contributed by atoms with Gasteiger partial charge < -0.3 is 10.1 Å². The lowest BCUT2D eigenvalue weighted by Gasteiger charge is -2.10. The van der Waals surface area contributed by atoms with E-state index >= 15 is 0 Å². The van der Waals surface area contributed by atoms with E-state index in [-0.39, 0.29) is 5.91 Å². The van der Waals surface area contributed by atoms with Gasteiger partial charge >= 0.3 is 0 Å². The van der Waals surface area contributed by atoms with Crippen molar-refractivity contribution in [3.63, 3.8) is 0 Å². The van der Waals surface area contributed by atoms with E-state index in [9.17, 15) is 4.79 Å². The van der Waals surface area contributed by atoms with E-state index in [4.69, 9.17) is 4.74 Å². The van der Waals surface area contributed by atoms with Crippen molar-refractivity contribution in [2.75, 3.05) is 5.32 Å². The molecule has 0 aliphatic heterocycles. The molecule has 128 valence electrons. The zero-order valence-electron chi connectivity index (χ0n) is 14.2. The van der Waals surface area contributed by atoms with Gasteiger partial charge in [-0.2, -0.15) is 0 Å². The highest BCUT2D eigenvalue weighted by Crippen LogP contribution is 2.19. The predicted octanol–water partition coefficient (Wildman–Crippen LogP) is 5.10. The second-order valence-electron chi connectivity index (χ2n) is 6.03. The van der Waals surface area contributed by atoms with Crippen LogP contribution in [0.4, 0.5) is 5.69 Å². The number of hydrogen-bond donors (Lipinski definition) is 1. The molecule has 0 unspecified atom stereocenters. The number of thiazole rings is 1. The number of hydrogen-bond acceptors (Lipinski definition) is 4. The molecule has 25 heavy (non-hydrogen) atoms. The Morgan fingerprint density at radius 2 is 2.00 bits per heavy atom. The minimum Gasteiger partial charge on any atom is -0.487 e. The number of aromatic nitrogens is 1. The van der Waals surface area contributed by atoms with Crippen LogP contribution in [0.2, 0.25) is 0 Å². The lowest BCUT2D eigenvalue weighted by atomic mass is 10.0. The van der Waals surface area contributed by atoms with Crippen molar-refractivity contribution in [1.82, 2.24) is 4.98 Å². The van der Waals surface area contributed by atoms with Crippen LogP contribution in [0, 0.1) is 0 Å². The summed E-state index contributed by atoms with van der Waals surface area (Å²) in [6.45, 7) is 4.68. The van der Waals surface area contributed by atoms with E-state index in [0.717, 1.165) is 11.4 Å². The maximum Gasteiger partial charge on any atom is 0.255 e. The van der Waals surface area contributed by atoms with Crippen molar-refractivity contribution in [2.24, 2.45) is 0 Å². The highest BCUT2D eigenvalue weighted by Gasteiger charge is 2.08. The molecule has 0 aliphatic rings. The fraction of sp³-hybridized carbons (Fsp3) is 0.200. The van der Waals surface area contributed by atoms with Crippen molar-refractivity contribution in [3.05, 3.63) is 76.2 Å². The van der Waals surface area contributed by atoms with Crippen LogP contribution in [0.1, 0.15) is 41.4 Å². The van der Waals surface area contributed by atoms with Crippen LogP contribution >= 0.6 is 11.3 Å². The van der Waals surface area contributed by atoms with Gasteiger partial charge in [-0.3, -0.25) is 4.79 Å². The monoisotopic (exact) mass is 352 g/mol. The lowest BCUT2D eigenvalue weighted by molar-refractivity contribution is 0.102. The molecular weight excluding hydrogens is 332 g/mol. The van der Waals surface area contributed by atoms with E-state index < -0.39 is 0 Å². The number of anilines is 1. The number of nitrogens with zero attached hydrogens (tertiary/aromatic N) is 1. The Labute approximate surface area is 151 Å². The summed E-state index contributed by atoms with van der Waals surface area (Å²) in [6, 6.07) is 15.1. The standard InChI is InChI=1S/C20H20N2O2S/c1-14(2)15-6-8-17(9-7-15)22-20(23)16-4-3-5-19(10-16)24-11-18-12-25-13-21-18/h3-10,12-14H,11H2,1-2H3,(H,22,23). The zero-order chi connectivity index (χ0) is 17.6.